The summed E-state index contributed by atoms with van der Waals surface area (Å²) in [5, 5.41) is 3.40. The number of carbonyl (C=O) groups excluding carboxylic acids is 1. The van der Waals surface area contributed by atoms with Crippen LogP contribution in [0.2, 0.25) is 0 Å². The van der Waals surface area contributed by atoms with Crippen molar-refractivity contribution >= 4 is 39.3 Å². The second-order valence-electron chi connectivity index (χ2n) is 3.49. The van der Waals surface area contributed by atoms with Gasteiger partial charge in [0.2, 0.25) is 5.91 Å². The summed E-state index contributed by atoms with van der Waals surface area (Å²) in [5.41, 5.74) is 0.781. The second kappa shape index (κ2) is 5.97. The first-order valence-electron chi connectivity index (χ1n) is 5.16. The largest absolute Gasteiger partial charge is 0.326 e. The highest BCUT2D eigenvalue weighted by molar-refractivity contribution is 9.10. The van der Waals surface area contributed by atoms with Crippen LogP contribution in [0.1, 0.15) is 6.92 Å². The molecule has 4 nitrogen and oxygen atoms in total. The quantitative estimate of drug-likeness (QED) is 0.880. The Kier molecular flexibility index (Phi) is 4.33. The van der Waals surface area contributed by atoms with E-state index in [1.807, 2.05) is 24.3 Å². The van der Waals surface area contributed by atoms with Crippen molar-refractivity contribution in [2.45, 2.75) is 17.0 Å². The lowest BCUT2D eigenvalue weighted by Gasteiger charge is -2.03. The summed E-state index contributed by atoms with van der Waals surface area (Å²) in [6, 6.07) is 7.54. The van der Waals surface area contributed by atoms with Crippen molar-refractivity contribution in [3.05, 3.63) is 41.1 Å². The van der Waals surface area contributed by atoms with Crippen LogP contribution in [0.25, 0.3) is 0 Å². The summed E-state index contributed by atoms with van der Waals surface area (Å²) in [6.07, 6.45) is 3.42. The first kappa shape index (κ1) is 13.0. The number of anilines is 1. The van der Waals surface area contributed by atoms with Crippen LogP contribution in [0, 0.1) is 0 Å². The third kappa shape index (κ3) is 3.82. The number of hydrogen-bond acceptors (Lipinski definition) is 4. The standard InChI is InChI=1S/C12H10BrN3OS/c1-8(17)16-10-2-4-11(5-3-10)18-12-14-6-9(13)7-15-12/h2-7H,1H3,(H,16,17). The van der Waals surface area contributed by atoms with Crippen molar-refractivity contribution in [1.82, 2.24) is 9.97 Å². The number of rotatable bonds is 3. The molecule has 1 N–H and O–H groups in total. The summed E-state index contributed by atoms with van der Waals surface area (Å²) in [5.74, 6) is -0.0772. The number of carbonyl (C=O) groups is 1. The monoisotopic (exact) mass is 323 g/mol. The Balaban J connectivity index is 2.06. The zero-order valence-electron chi connectivity index (χ0n) is 9.55. The molecule has 0 unspecified atom stereocenters. The van der Waals surface area contributed by atoms with Gasteiger partial charge in [-0.05, 0) is 52.0 Å². The number of halogens is 1. The van der Waals surface area contributed by atoms with Gasteiger partial charge in [-0.1, -0.05) is 0 Å². The minimum Gasteiger partial charge on any atom is -0.326 e. The lowest BCUT2D eigenvalue weighted by atomic mass is 10.3. The summed E-state index contributed by atoms with van der Waals surface area (Å²) in [7, 11) is 0. The van der Waals surface area contributed by atoms with Crippen LogP contribution >= 0.6 is 27.7 Å². The second-order valence-corrected chi connectivity index (χ2v) is 5.45. The topological polar surface area (TPSA) is 54.9 Å². The number of nitrogens with one attached hydrogen (secondary N) is 1. The Morgan fingerprint density at radius 3 is 2.39 bits per heavy atom. The molecule has 0 spiro atoms. The number of aromatic nitrogens is 2. The molecule has 2 rings (SSSR count). The van der Waals surface area contributed by atoms with E-state index in [2.05, 4.69) is 31.2 Å². The van der Waals surface area contributed by atoms with Crippen LogP contribution in [-0.4, -0.2) is 15.9 Å². The van der Waals surface area contributed by atoms with Gasteiger partial charge in [-0.2, -0.15) is 0 Å². The van der Waals surface area contributed by atoms with Crippen molar-refractivity contribution in [1.29, 1.82) is 0 Å². The Morgan fingerprint density at radius 1 is 1.22 bits per heavy atom. The normalized spacial score (nSPS) is 10.1. The Hall–Kier alpha value is -1.40. The first-order valence-corrected chi connectivity index (χ1v) is 6.77. The number of benzene rings is 1. The molecule has 0 saturated carbocycles. The van der Waals surface area contributed by atoms with Gasteiger partial charge in [0.05, 0.1) is 4.47 Å². The molecule has 0 radical (unpaired) electrons. The Bertz CT molecular complexity index is 542. The molecule has 0 saturated heterocycles. The zero-order valence-corrected chi connectivity index (χ0v) is 12.0. The third-order valence-electron chi connectivity index (χ3n) is 1.98. The van der Waals surface area contributed by atoms with Gasteiger partial charge in [0, 0.05) is 29.9 Å². The summed E-state index contributed by atoms with van der Waals surface area (Å²) in [6.45, 7) is 1.48. The fourth-order valence-electron chi connectivity index (χ4n) is 1.27. The average molecular weight is 324 g/mol. The number of amides is 1. The highest BCUT2D eigenvalue weighted by Gasteiger charge is 2.01. The molecule has 0 atom stereocenters. The number of nitrogens with zero attached hydrogens (tertiary/aromatic N) is 2. The van der Waals surface area contributed by atoms with Crippen molar-refractivity contribution in [2.75, 3.05) is 5.32 Å². The Labute approximate surface area is 117 Å². The molecule has 2 aromatic rings. The minimum absolute atomic E-state index is 0.0772. The summed E-state index contributed by atoms with van der Waals surface area (Å²) in [4.78, 5) is 20.3. The van der Waals surface area contributed by atoms with E-state index in [-0.39, 0.29) is 5.91 Å². The van der Waals surface area contributed by atoms with Crippen LogP contribution < -0.4 is 5.32 Å². The molecule has 0 aliphatic carbocycles. The predicted octanol–water partition coefficient (Wildman–Crippen LogP) is 3.35. The van der Waals surface area contributed by atoms with E-state index in [1.165, 1.54) is 18.7 Å². The van der Waals surface area contributed by atoms with E-state index in [0.717, 1.165) is 15.1 Å². The fraction of sp³-hybridized carbons (Fsp3) is 0.0833. The van der Waals surface area contributed by atoms with E-state index in [1.54, 1.807) is 12.4 Å². The van der Waals surface area contributed by atoms with Gasteiger partial charge >= 0.3 is 0 Å². The molecule has 0 fully saturated rings. The molecular formula is C12H10BrN3OS. The fourth-order valence-corrected chi connectivity index (χ4v) is 2.17. The van der Waals surface area contributed by atoms with E-state index >= 15 is 0 Å². The van der Waals surface area contributed by atoms with Gasteiger partial charge in [-0.3, -0.25) is 4.79 Å². The lowest BCUT2D eigenvalue weighted by molar-refractivity contribution is -0.114. The van der Waals surface area contributed by atoms with Gasteiger partial charge in [0.25, 0.3) is 0 Å². The van der Waals surface area contributed by atoms with Gasteiger partial charge in [0.15, 0.2) is 5.16 Å². The highest BCUT2D eigenvalue weighted by Crippen LogP contribution is 2.25. The maximum atomic E-state index is 10.9. The molecular weight excluding hydrogens is 314 g/mol. The van der Waals surface area contributed by atoms with Crippen molar-refractivity contribution < 1.29 is 4.79 Å². The molecule has 1 heterocycles. The zero-order chi connectivity index (χ0) is 13.0. The van der Waals surface area contributed by atoms with Gasteiger partial charge in [0.1, 0.15) is 0 Å². The first-order chi connectivity index (χ1) is 8.63. The van der Waals surface area contributed by atoms with E-state index in [9.17, 15) is 4.79 Å². The molecule has 18 heavy (non-hydrogen) atoms. The van der Waals surface area contributed by atoms with Crippen LogP contribution in [0.4, 0.5) is 5.69 Å². The predicted molar refractivity (Wildman–Crippen MR) is 74.6 cm³/mol. The van der Waals surface area contributed by atoms with E-state index < -0.39 is 0 Å². The van der Waals surface area contributed by atoms with Crippen LogP contribution in [0.3, 0.4) is 0 Å². The summed E-state index contributed by atoms with van der Waals surface area (Å²) < 4.78 is 0.854. The van der Waals surface area contributed by atoms with E-state index in [4.69, 9.17) is 0 Å². The van der Waals surface area contributed by atoms with E-state index in [0.29, 0.717) is 5.16 Å². The smallest absolute Gasteiger partial charge is 0.221 e. The molecule has 92 valence electrons. The van der Waals surface area contributed by atoms with Gasteiger partial charge < -0.3 is 5.32 Å². The van der Waals surface area contributed by atoms with Gasteiger partial charge in [-0.15, -0.1) is 0 Å². The van der Waals surface area contributed by atoms with Crippen molar-refractivity contribution in [3.8, 4) is 0 Å². The molecule has 1 amide bonds. The molecule has 0 aliphatic rings. The Morgan fingerprint density at radius 2 is 1.83 bits per heavy atom. The minimum atomic E-state index is -0.0772. The molecule has 1 aromatic heterocycles. The molecule has 6 heteroatoms. The molecule has 0 aliphatic heterocycles. The van der Waals surface area contributed by atoms with Crippen LogP contribution in [-0.2, 0) is 4.79 Å². The lowest BCUT2D eigenvalue weighted by Crippen LogP contribution is -2.05. The summed E-state index contributed by atoms with van der Waals surface area (Å²) >= 11 is 4.76. The van der Waals surface area contributed by atoms with Crippen LogP contribution in [0.15, 0.2) is 51.2 Å². The van der Waals surface area contributed by atoms with Gasteiger partial charge in [-0.25, -0.2) is 9.97 Å². The molecule has 1 aromatic carbocycles. The average Bonchev–Trinajstić information content (AvgIpc) is 2.34. The SMILES string of the molecule is CC(=O)Nc1ccc(Sc2ncc(Br)cn2)cc1. The third-order valence-corrected chi connectivity index (χ3v) is 3.29. The number of hydrogen-bond donors (Lipinski definition) is 1. The van der Waals surface area contributed by atoms with Crippen molar-refractivity contribution in [2.24, 2.45) is 0 Å². The van der Waals surface area contributed by atoms with Crippen molar-refractivity contribution in [3.63, 3.8) is 0 Å². The van der Waals surface area contributed by atoms with Crippen LogP contribution in [0.5, 0.6) is 0 Å². The molecule has 0 bridgehead atoms. The highest BCUT2D eigenvalue weighted by atomic mass is 79.9. The maximum Gasteiger partial charge on any atom is 0.221 e. The maximum absolute atomic E-state index is 10.9.